The molecular weight excluding hydrogens is 399 g/mol. The van der Waals surface area contributed by atoms with Gasteiger partial charge in [-0.2, -0.15) is 0 Å². The zero-order chi connectivity index (χ0) is 22.4. The van der Waals surface area contributed by atoms with Crippen LogP contribution in [0.4, 0.5) is 15.8 Å². The van der Waals surface area contributed by atoms with E-state index in [1.807, 2.05) is 30.9 Å². The van der Waals surface area contributed by atoms with E-state index in [0.717, 1.165) is 24.1 Å². The summed E-state index contributed by atoms with van der Waals surface area (Å²) in [5, 5.41) is 8.13. The molecule has 8 heteroatoms. The van der Waals surface area contributed by atoms with Crippen molar-refractivity contribution in [2.24, 2.45) is 0 Å². The highest BCUT2D eigenvalue weighted by Crippen LogP contribution is 2.29. The van der Waals surface area contributed by atoms with Crippen molar-refractivity contribution >= 4 is 29.1 Å². The lowest BCUT2D eigenvalue weighted by molar-refractivity contribution is -0.123. The van der Waals surface area contributed by atoms with Crippen LogP contribution in [0.15, 0.2) is 42.5 Å². The maximum absolute atomic E-state index is 12.9. The molecule has 0 spiro atoms. The fourth-order valence-corrected chi connectivity index (χ4v) is 3.56. The van der Waals surface area contributed by atoms with Gasteiger partial charge in [-0.1, -0.05) is 6.07 Å². The Morgan fingerprint density at radius 1 is 1.06 bits per heavy atom. The van der Waals surface area contributed by atoms with Crippen molar-refractivity contribution in [2.45, 2.75) is 32.7 Å². The highest BCUT2D eigenvalue weighted by Gasteiger charge is 2.24. The number of carbonyl (C=O) groups excluding carboxylic acids is 3. The van der Waals surface area contributed by atoms with Gasteiger partial charge < -0.3 is 20.9 Å². The van der Waals surface area contributed by atoms with Gasteiger partial charge >= 0.3 is 0 Å². The monoisotopic (exact) mass is 426 g/mol. The van der Waals surface area contributed by atoms with Crippen LogP contribution in [0.1, 0.15) is 36.2 Å². The standard InChI is InChI=1S/C23H27FN4O3/c1-15(2)26-23(31)19-5-3-7-20-18(19)6-4-12-28(20)14-22(30)25-13-21(29)27-17-10-8-16(24)9-11-17/h3,5,7-11,15H,4,6,12-14H2,1-2H3,(H,25,30)(H,26,31)(H,27,29). The molecule has 1 aliphatic heterocycles. The summed E-state index contributed by atoms with van der Waals surface area (Å²) in [4.78, 5) is 38.9. The summed E-state index contributed by atoms with van der Waals surface area (Å²) in [5.74, 6) is -1.20. The van der Waals surface area contributed by atoms with Gasteiger partial charge in [-0.15, -0.1) is 0 Å². The molecule has 7 nitrogen and oxygen atoms in total. The van der Waals surface area contributed by atoms with Crippen molar-refractivity contribution in [3.8, 4) is 0 Å². The number of anilines is 2. The molecule has 0 bridgehead atoms. The van der Waals surface area contributed by atoms with Gasteiger partial charge in [0.15, 0.2) is 0 Å². The summed E-state index contributed by atoms with van der Waals surface area (Å²) in [7, 11) is 0. The van der Waals surface area contributed by atoms with E-state index in [2.05, 4.69) is 16.0 Å². The van der Waals surface area contributed by atoms with E-state index in [4.69, 9.17) is 0 Å². The second kappa shape index (κ2) is 10.1. The van der Waals surface area contributed by atoms with Crippen LogP contribution in [0.5, 0.6) is 0 Å². The van der Waals surface area contributed by atoms with Crippen molar-refractivity contribution < 1.29 is 18.8 Å². The average Bonchev–Trinajstić information content (AvgIpc) is 2.73. The quantitative estimate of drug-likeness (QED) is 0.635. The Labute approximate surface area is 181 Å². The van der Waals surface area contributed by atoms with E-state index < -0.39 is 11.7 Å². The van der Waals surface area contributed by atoms with E-state index >= 15 is 0 Å². The molecule has 164 valence electrons. The first-order chi connectivity index (χ1) is 14.8. The summed E-state index contributed by atoms with van der Waals surface area (Å²) >= 11 is 0. The van der Waals surface area contributed by atoms with Crippen LogP contribution >= 0.6 is 0 Å². The zero-order valence-electron chi connectivity index (χ0n) is 17.7. The molecule has 0 fully saturated rings. The van der Waals surface area contributed by atoms with Gasteiger partial charge in [0.2, 0.25) is 11.8 Å². The first kappa shape index (κ1) is 22.3. The lowest BCUT2D eigenvalue weighted by atomic mass is 9.95. The summed E-state index contributed by atoms with van der Waals surface area (Å²) in [6, 6.07) is 11.0. The van der Waals surface area contributed by atoms with E-state index in [9.17, 15) is 18.8 Å². The lowest BCUT2D eigenvalue weighted by Gasteiger charge is -2.32. The van der Waals surface area contributed by atoms with Gasteiger partial charge in [-0.3, -0.25) is 14.4 Å². The van der Waals surface area contributed by atoms with E-state index in [-0.39, 0.29) is 30.9 Å². The summed E-state index contributed by atoms with van der Waals surface area (Å²) in [6.07, 6.45) is 1.60. The average molecular weight is 426 g/mol. The predicted molar refractivity (Wildman–Crippen MR) is 118 cm³/mol. The normalized spacial score (nSPS) is 12.8. The third-order valence-electron chi connectivity index (χ3n) is 4.92. The van der Waals surface area contributed by atoms with Crippen molar-refractivity contribution in [1.29, 1.82) is 0 Å². The predicted octanol–water partition coefficient (Wildman–Crippen LogP) is 2.47. The van der Waals surface area contributed by atoms with E-state index in [1.165, 1.54) is 24.3 Å². The smallest absolute Gasteiger partial charge is 0.251 e. The molecule has 0 saturated carbocycles. The minimum Gasteiger partial charge on any atom is -0.362 e. The number of amides is 3. The van der Waals surface area contributed by atoms with Gasteiger partial charge in [0, 0.05) is 29.5 Å². The van der Waals surface area contributed by atoms with Crippen molar-refractivity contribution in [3.63, 3.8) is 0 Å². The van der Waals surface area contributed by atoms with Crippen LogP contribution in [-0.2, 0) is 16.0 Å². The van der Waals surface area contributed by atoms with Crippen molar-refractivity contribution in [3.05, 3.63) is 59.4 Å². The largest absolute Gasteiger partial charge is 0.362 e. The first-order valence-corrected chi connectivity index (χ1v) is 10.3. The molecule has 0 aliphatic carbocycles. The Morgan fingerprint density at radius 2 is 1.81 bits per heavy atom. The fraction of sp³-hybridized carbons (Fsp3) is 0.348. The number of nitrogens with zero attached hydrogens (tertiary/aromatic N) is 1. The Bertz CT molecular complexity index is 960. The van der Waals surface area contributed by atoms with Gasteiger partial charge in [0.25, 0.3) is 5.91 Å². The third-order valence-corrected chi connectivity index (χ3v) is 4.92. The molecule has 0 saturated heterocycles. The van der Waals surface area contributed by atoms with Crippen LogP contribution in [0.3, 0.4) is 0 Å². The van der Waals surface area contributed by atoms with Crippen LogP contribution in [0.2, 0.25) is 0 Å². The molecule has 3 N–H and O–H groups in total. The number of carbonyl (C=O) groups is 3. The highest BCUT2D eigenvalue weighted by atomic mass is 19.1. The molecule has 3 rings (SSSR count). The maximum Gasteiger partial charge on any atom is 0.251 e. The molecule has 2 aromatic carbocycles. The second-order valence-corrected chi connectivity index (χ2v) is 7.79. The Kier molecular flexibility index (Phi) is 7.23. The van der Waals surface area contributed by atoms with Crippen molar-refractivity contribution in [2.75, 3.05) is 29.9 Å². The fourth-order valence-electron chi connectivity index (χ4n) is 3.56. The Morgan fingerprint density at radius 3 is 2.52 bits per heavy atom. The maximum atomic E-state index is 12.9. The van der Waals surface area contributed by atoms with Gasteiger partial charge in [0.1, 0.15) is 5.82 Å². The topological polar surface area (TPSA) is 90.5 Å². The highest BCUT2D eigenvalue weighted by molar-refractivity contribution is 5.98. The zero-order valence-corrected chi connectivity index (χ0v) is 17.7. The minimum atomic E-state index is -0.397. The van der Waals surface area contributed by atoms with Crippen molar-refractivity contribution in [1.82, 2.24) is 10.6 Å². The Balaban J connectivity index is 1.58. The molecule has 1 heterocycles. The summed E-state index contributed by atoms with van der Waals surface area (Å²) < 4.78 is 12.9. The van der Waals surface area contributed by atoms with E-state index in [1.54, 1.807) is 6.07 Å². The number of halogens is 1. The molecule has 0 radical (unpaired) electrons. The number of nitrogens with one attached hydrogen (secondary N) is 3. The summed E-state index contributed by atoms with van der Waals surface area (Å²) in [5.41, 5.74) is 2.90. The number of hydrogen-bond acceptors (Lipinski definition) is 4. The molecule has 3 amide bonds. The van der Waals surface area contributed by atoms with E-state index in [0.29, 0.717) is 17.8 Å². The SMILES string of the molecule is CC(C)NC(=O)c1cccc2c1CCCN2CC(=O)NCC(=O)Nc1ccc(F)cc1. The minimum absolute atomic E-state index is 0.0369. The van der Waals surface area contributed by atoms with Crippen LogP contribution in [0, 0.1) is 5.82 Å². The number of rotatable bonds is 7. The lowest BCUT2D eigenvalue weighted by Crippen LogP contribution is -2.42. The van der Waals surface area contributed by atoms with Crippen LogP contribution in [-0.4, -0.2) is 43.4 Å². The third kappa shape index (κ3) is 6.04. The molecular formula is C23H27FN4O3. The Hall–Kier alpha value is -3.42. The molecule has 0 atom stereocenters. The molecule has 0 aromatic heterocycles. The second-order valence-electron chi connectivity index (χ2n) is 7.79. The first-order valence-electron chi connectivity index (χ1n) is 10.3. The van der Waals surface area contributed by atoms with Gasteiger partial charge in [-0.25, -0.2) is 4.39 Å². The number of hydrogen-bond donors (Lipinski definition) is 3. The van der Waals surface area contributed by atoms with Crippen LogP contribution in [0.25, 0.3) is 0 Å². The van der Waals surface area contributed by atoms with Gasteiger partial charge in [0.05, 0.1) is 13.1 Å². The summed E-state index contributed by atoms with van der Waals surface area (Å²) in [6.45, 7) is 4.42. The van der Waals surface area contributed by atoms with Crippen LogP contribution < -0.4 is 20.9 Å². The molecule has 2 aromatic rings. The van der Waals surface area contributed by atoms with Gasteiger partial charge in [-0.05, 0) is 68.7 Å². The molecule has 0 unspecified atom stereocenters. The molecule has 1 aliphatic rings. The number of benzene rings is 2. The molecule has 31 heavy (non-hydrogen) atoms. The number of fused-ring (bicyclic) bond motifs is 1.